The number of ether oxygens (including phenoxy) is 1. The number of hydrogen-bond acceptors (Lipinski definition) is 3. The first-order chi connectivity index (χ1) is 10.6. The van der Waals surface area contributed by atoms with Crippen molar-refractivity contribution in [1.82, 2.24) is 5.32 Å². The molecule has 0 heterocycles. The lowest BCUT2D eigenvalue weighted by Crippen LogP contribution is -2.47. The third-order valence-corrected chi connectivity index (χ3v) is 4.76. The van der Waals surface area contributed by atoms with Crippen molar-refractivity contribution in [2.45, 2.75) is 69.9 Å². The molecule has 2 aliphatic carbocycles. The number of unbranched alkanes of at least 4 members (excludes halogenated alkanes) is 1. The van der Waals surface area contributed by atoms with Gasteiger partial charge in [0.25, 0.3) is 0 Å². The van der Waals surface area contributed by atoms with Gasteiger partial charge in [0.1, 0.15) is 12.1 Å². The average molecular weight is 309 g/mol. The first-order valence-electron chi connectivity index (χ1n) is 8.42. The number of nitrogens with one attached hydrogen (secondary N) is 1. The monoisotopic (exact) mass is 309 g/mol. The van der Waals surface area contributed by atoms with Gasteiger partial charge in [0.15, 0.2) is 0 Å². The maximum Gasteiger partial charge on any atom is 0.408 e. The Hall–Kier alpha value is -1.52. The molecule has 3 atom stereocenters. The van der Waals surface area contributed by atoms with E-state index in [1.165, 1.54) is 0 Å². The summed E-state index contributed by atoms with van der Waals surface area (Å²) >= 11 is 0. The zero-order valence-corrected chi connectivity index (χ0v) is 13.1. The van der Waals surface area contributed by atoms with E-state index in [1.807, 2.05) is 6.08 Å². The second-order valence-corrected chi connectivity index (χ2v) is 6.52. The lowest BCUT2D eigenvalue weighted by molar-refractivity contribution is -0.141. The lowest BCUT2D eigenvalue weighted by Gasteiger charge is -2.27. The van der Waals surface area contributed by atoms with Crippen molar-refractivity contribution in [2.24, 2.45) is 11.8 Å². The fraction of sp³-hybridized carbons (Fsp3) is 0.765. The van der Waals surface area contributed by atoms with Gasteiger partial charge in [0, 0.05) is 0 Å². The van der Waals surface area contributed by atoms with E-state index in [1.54, 1.807) is 0 Å². The first kappa shape index (κ1) is 16.8. The van der Waals surface area contributed by atoms with Crippen LogP contribution in [-0.2, 0) is 9.53 Å². The molecule has 0 unspecified atom stereocenters. The Morgan fingerprint density at radius 3 is 2.68 bits per heavy atom. The van der Waals surface area contributed by atoms with Crippen LogP contribution in [0.1, 0.15) is 57.8 Å². The summed E-state index contributed by atoms with van der Waals surface area (Å²) in [5.74, 6) is -0.493. The Labute approximate surface area is 132 Å². The summed E-state index contributed by atoms with van der Waals surface area (Å²) < 4.78 is 5.34. The number of allylic oxidation sites excluding steroid dienone is 1. The summed E-state index contributed by atoms with van der Waals surface area (Å²) in [7, 11) is 0. The van der Waals surface area contributed by atoms with Crippen LogP contribution in [0, 0.1) is 11.8 Å². The number of carbonyl (C=O) groups is 2. The summed E-state index contributed by atoms with van der Waals surface area (Å²) in [5.41, 5.74) is 0. The van der Waals surface area contributed by atoms with Gasteiger partial charge >= 0.3 is 12.1 Å². The van der Waals surface area contributed by atoms with Gasteiger partial charge in [0.05, 0.1) is 0 Å². The Morgan fingerprint density at radius 1 is 1.32 bits per heavy atom. The molecule has 5 heteroatoms. The van der Waals surface area contributed by atoms with Gasteiger partial charge in [0.2, 0.25) is 0 Å². The third kappa shape index (κ3) is 5.04. The molecule has 124 valence electrons. The van der Waals surface area contributed by atoms with E-state index in [-0.39, 0.29) is 12.0 Å². The van der Waals surface area contributed by atoms with E-state index in [4.69, 9.17) is 4.74 Å². The molecule has 0 aliphatic heterocycles. The van der Waals surface area contributed by atoms with Gasteiger partial charge in [-0.2, -0.15) is 0 Å². The summed E-state index contributed by atoms with van der Waals surface area (Å²) in [4.78, 5) is 23.3. The predicted octanol–water partition coefficient (Wildman–Crippen LogP) is 3.49. The number of aliphatic carboxylic acids is 1. The Morgan fingerprint density at radius 2 is 2.05 bits per heavy atom. The molecule has 0 aromatic carbocycles. The maximum absolute atomic E-state index is 11.9. The average Bonchev–Trinajstić information content (AvgIpc) is 3.23. The van der Waals surface area contributed by atoms with Crippen LogP contribution in [0.5, 0.6) is 0 Å². The Bertz CT molecular complexity index is 403. The Balaban J connectivity index is 1.72. The highest BCUT2D eigenvalue weighted by atomic mass is 16.6. The van der Waals surface area contributed by atoms with Gasteiger partial charge in [-0.1, -0.05) is 25.3 Å². The van der Waals surface area contributed by atoms with Crippen LogP contribution in [0.3, 0.4) is 0 Å². The lowest BCUT2D eigenvalue weighted by atomic mass is 9.84. The van der Waals surface area contributed by atoms with E-state index in [0.717, 1.165) is 57.8 Å². The number of amides is 1. The van der Waals surface area contributed by atoms with E-state index in [0.29, 0.717) is 5.92 Å². The largest absolute Gasteiger partial charge is 0.480 e. The molecule has 0 bridgehead atoms. The zero-order chi connectivity index (χ0) is 15.9. The minimum absolute atomic E-state index is 0.0291. The second kappa shape index (κ2) is 8.20. The van der Waals surface area contributed by atoms with Crippen molar-refractivity contribution in [3.63, 3.8) is 0 Å². The molecule has 0 aromatic rings. The summed E-state index contributed by atoms with van der Waals surface area (Å²) in [6, 6.07) is -0.814. The fourth-order valence-electron chi connectivity index (χ4n) is 3.34. The molecule has 2 N–H and O–H groups in total. The van der Waals surface area contributed by atoms with Gasteiger partial charge < -0.3 is 15.2 Å². The highest BCUT2D eigenvalue weighted by Gasteiger charge is 2.41. The molecule has 0 saturated heterocycles. The quantitative estimate of drug-likeness (QED) is 0.531. The number of hydrogen-bond donors (Lipinski definition) is 2. The topological polar surface area (TPSA) is 75.6 Å². The van der Waals surface area contributed by atoms with Crippen molar-refractivity contribution in [2.75, 3.05) is 0 Å². The van der Waals surface area contributed by atoms with Crippen LogP contribution in [0.15, 0.2) is 12.7 Å². The number of carboxylic acid groups (broad SMARTS) is 1. The van der Waals surface area contributed by atoms with Gasteiger partial charge in [-0.25, -0.2) is 9.59 Å². The maximum atomic E-state index is 11.9. The fourth-order valence-corrected chi connectivity index (χ4v) is 3.34. The van der Waals surface area contributed by atoms with Crippen LogP contribution >= 0.6 is 0 Å². The number of rotatable bonds is 8. The van der Waals surface area contributed by atoms with Crippen LogP contribution in [0.25, 0.3) is 0 Å². The van der Waals surface area contributed by atoms with Crippen molar-refractivity contribution in [1.29, 1.82) is 0 Å². The second-order valence-electron chi connectivity index (χ2n) is 6.52. The smallest absolute Gasteiger partial charge is 0.408 e. The van der Waals surface area contributed by atoms with Crippen molar-refractivity contribution in [3.8, 4) is 0 Å². The molecule has 2 saturated carbocycles. The van der Waals surface area contributed by atoms with Crippen molar-refractivity contribution >= 4 is 12.1 Å². The van der Waals surface area contributed by atoms with Gasteiger partial charge in [-0.15, -0.1) is 6.58 Å². The van der Waals surface area contributed by atoms with Gasteiger partial charge in [-0.05, 0) is 50.4 Å². The van der Waals surface area contributed by atoms with Crippen molar-refractivity contribution in [3.05, 3.63) is 12.7 Å². The SMILES string of the molecule is C=CCCC[C@@H]1C[C@H]1OC(=O)N[C@H](C(=O)O)C1CCCCC1. The zero-order valence-electron chi connectivity index (χ0n) is 13.1. The van der Waals surface area contributed by atoms with Crippen LogP contribution in [0.2, 0.25) is 0 Å². The molecule has 1 amide bonds. The standard InChI is InChI=1S/C17H27NO4/c1-2-3-5-10-13-11-14(13)22-17(21)18-15(16(19)20)12-8-6-4-7-9-12/h2,12-15H,1,3-11H2,(H,18,21)(H,19,20)/t13-,14-,15+/m1/s1. The highest BCUT2D eigenvalue weighted by Crippen LogP contribution is 2.38. The molecule has 2 fully saturated rings. The first-order valence-corrected chi connectivity index (χ1v) is 8.42. The third-order valence-electron chi connectivity index (χ3n) is 4.76. The number of carbonyl (C=O) groups excluding carboxylic acids is 1. The molecule has 0 aromatic heterocycles. The van der Waals surface area contributed by atoms with E-state index in [2.05, 4.69) is 11.9 Å². The molecule has 0 spiro atoms. The normalized spacial score (nSPS) is 26.0. The van der Waals surface area contributed by atoms with Gasteiger partial charge in [-0.3, -0.25) is 0 Å². The summed E-state index contributed by atoms with van der Waals surface area (Å²) in [5, 5.41) is 11.9. The van der Waals surface area contributed by atoms with Crippen LogP contribution in [-0.4, -0.2) is 29.3 Å². The minimum atomic E-state index is -0.956. The molecular weight excluding hydrogens is 282 g/mol. The predicted molar refractivity (Wildman–Crippen MR) is 83.6 cm³/mol. The molecule has 0 radical (unpaired) electrons. The molecule has 2 aliphatic rings. The van der Waals surface area contributed by atoms with E-state index >= 15 is 0 Å². The molecule has 22 heavy (non-hydrogen) atoms. The highest BCUT2D eigenvalue weighted by molar-refractivity contribution is 5.80. The summed E-state index contributed by atoms with van der Waals surface area (Å²) in [6.45, 7) is 3.69. The van der Waals surface area contributed by atoms with Crippen molar-refractivity contribution < 1.29 is 19.4 Å². The number of carboxylic acids is 1. The Kier molecular flexibility index (Phi) is 6.28. The van der Waals surface area contributed by atoms with E-state index in [9.17, 15) is 14.7 Å². The number of alkyl carbamates (subject to hydrolysis) is 1. The minimum Gasteiger partial charge on any atom is -0.480 e. The summed E-state index contributed by atoms with van der Waals surface area (Å²) in [6.07, 6.45) is 10.2. The van der Waals surface area contributed by atoms with Crippen LogP contribution < -0.4 is 5.32 Å². The van der Waals surface area contributed by atoms with Crippen LogP contribution in [0.4, 0.5) is 4.79 Å². The molecule has 2 rings (SSSR count). The molecule has 5 nitrogen and oxygen atoms in total. The molecular formula is C17H27NO4. The van der Waals surface area contributed by atoms with E-state index < -0.39 is 18.1 Å².